The van der Waals surface area contributed by atoms with Crippen molar-refractivity contribution >= 4 is 0 Å². The van der Waals surface area contributed by atoms with Gasteiger partial charge in [0.05, 0.1) is 0 Å². The van der Waals surface area contributed by atoms with Crippen LogP contribution in [-0.2, 0) is 6.42 Å². The van der Waals surface area contributed by atoms with Gasteiger partial charge in [-0.15, -0.1) is 0 Å². The van der Waals surface area contributed by atoms with Gasteiger partial charge in [0.15, 0.2) is 0 Å². The summed E-state index contributed by atoms with van der Waals surface area (Å²) in [5, 5.41) is 0. The average Bonchev–Trinajstić information content (AvgIpc) is 2.15. The Morgan fingerprint density at radius 2 is 2.33 bits per heavy atom. The quantitative estimate of drug-likeness (QED) is 0.630. The van der Waals surface area contributed by atoms with Crippen LogP contribution in [-0.4, -0.2) is 11.4 Å². The van der Waals surface area contributed by atoms with Crippen molar-refractivity contribution in [1.29, 1.82) is 0 Å². The van der Waals surface area contributed by atoms with E-state index in [9.17, 15) is 8.78 Å². The van der Waals surface area contributed by atoms with Crippen LogP contribution in [0.1, 0.15) is 5.69 Å². The Bertz CT molecular complexity index is 158. The molecule has 1 aromatic heterocycles. The van der Waals surface area contributed by atoms with Gasteiger partial charge in [-0.2, -0.15) is 0 Å². The summed E-state index contributed by atoms with van der Waals surface area (Å²) in [4.78, 5) is 2.69. The molecule has 9 heavy (non-hydrogen) atoms. The maximum absolute atomic E-state index is 11.6. The maximum atomic E-state index is 11.6. The molecule has 0 aliphatic heterocycles. The van der Waals surface area contributed by atoms with Gasteiger partial charge in [0, 0.05) is 18.3 Å². The molecule has 0 fully saturated rings. The number of rotatable bonds is 2. The topological polar surface area (TPSA) is 15.8 Å². The minimum absolute atomic E-state index is 0.174. The number of H-pyrrole nitrogens is 1. The smallest absolute Gasteiger partial charge is 0.244 e. The van der Waals surface area contributed by atoms with Crippen molar-refractivity contribution in [3.63, 3.8) is 0 Å². The minimum atomic E-state index is -2.25. The maximum Gasteiger partial charge on any atom is 0.244 e. The lowest BCUT2D eigenvalue weighted by atomic mass is 10.3. The van der Waals surface area contributed by atoms with Crippen molar-refractivity contribution in [2.24, 2.45) is 0 Å². The Kier molecular flexibility index (Phi) is 1.82. The first-order chi connectivity index (χ1) is 4.29. The third kappa shape index (κ3) is 1.83. The Morgan fingerprint density at radius 1 is 1.56 bits per heavy atom. The first-order valence-corrected chi connectivity index (χ1v) is 2.69. The molecule has 1 aromatic rings. The van der Waals surface area contributed by atoms with Crippen molar-refractivity contribution in [2.75, 3.05) is 0 Å². The Labute approximate surface area is 51.7 Å². The van der Waals surface area contributed by atoms with Gasteiger partial charge in [0.2, 0.25) is 6.43 Å². The van der Waals surface area contributed by atoms with Crippen LogP contribution < -0.4 is 0 Å². The summed E-state index contributed by atoms with van der Waals surface area (Å²) in [7, 11) is 0. The molecule has 3 heteroatoms. The van der Waals surface area contributed by atoms with E-state index >= 15 is 0 Å². The molecule has 0 bridgehead atoms. The standard InChI is InChI=1S/C6H7F2N/c7-6(8)4-5-2-1-3-9-5/h1-3,6,9H,4H2. The number of hydrogen-bond donors (Lipinski definition) is 1. The largest absolute Gasteiger partial charge is 0.365 e. The lowest BCUT2D eigenvalue weighted by Crippen LogP contribution is -1.95. The van der Waals surface area contributed by atoms with Crippen molar-refractivity contribution in [3.8, 4) is 0 Å². The fourth-order valence-corrected chi connectivity index (χ4v) is 0.661. The molecule has 0 aliphatic rings. The normalized spacial score (nSPS) is 10.6. The van der Waals surface area contributed by atoms with Gasteiger partial charge in [0.25, 0.3) is 0 Å². The molecular formula is C6H7F2N. The van der Waals surface area contributed by atoms with Crippen LogP contribution >= 0.6 is 0 Å². The summed E-state index contributed by atoms with van der Waals surface area (Å²) in [6, 6.07) is 3.35. The molecule has 0 aliphatic carbocycles. The van der Waals surface area contributed by atoms with Gasteiger partial charge in [-0.3, -0.25) is 0 Å². The first kappa shape index (κ1) is 6.26. The van der Waals surface area contributed by atoms with E-state index in [0.717, 1.165) is 0 Å². The average molecular weight is 131 g/mol. The van der Waals surface area contributed by atoms with Crippen LogP contribution in [0.4, 0.5) is 8.78 Å². The number of alkyl halides is 2. The lowest BCUT2D eigenvalue weighted by molar-refractivity contribution is 0.148. The van der Waals surface area contributed by atoms with Crippen LogP contribution in [0.25, 0.3) is 0 Å². The second kappa shape index (κ2) is 2.62. The lowest BCUT2D eigenvalue weighted by Gasteiger charge is -1.92. The summed E-state index contributed by atoms with van der Waals surface area (Å²) in [6.45, 7) is 0. The van der Waals surface area contributed by atoms with E-state index in [1.165, 1.54) is 0 Å². The van der Waals surface area contributed by atoms with Crippen molar-refractivity contribution in [3.05, 3.63) is 24.0 Å². The zero-order valence-corrected chi connectivity index (χ0v) is 4.77. The van der Waals surface area contributed by atoms with E-state index in [-0.39, 0.29) is 6.42 Å². The monoisotopic (exact) mass is 131 g/mol. The summed E-state index contributed by atoms with van der Waals surface area (Å²) in [5.41, 5.74) is 0.588. The minimum Gasteiger partial charge on any atom is -0.365 e. The molecule has 1 heterocycles. The van der Waals surface area contributed by atoms with Crippen LogP contribution in [0, 0.1) is 0 Å². The van der Waals surface area contributed by atoms with E-state index in [1.807, 2.05) is 0 Å². The molecule has 0 unspecified atom stereocenters. The van der Waals surface area contributed by atoms with Gasteiger partial charge in [0.1, 0.15) is 0 Å². The fraction of sp³-hybridized carbons (Fsp3) is 0.333. The van der Waals surface area contributed by atoms with Crippen molar-refractivity contribution in [1.82, 2.24) is 4.98 Å². The number of halogens is 2. The predicted octanol–water partition coefficient (Wildman–Crippen LogP) is 1.82. The highest BCUT2D eigenvalue weighted by Crippen LogP contribution is 2.03. The Balaban J connectivity index is 2.48. The van der Waals surface area contributed by atoms with Crippen LogP contribution in [0.3, 0.4) is 0 Å². The summed E-state index contributed by atoms with van der Waals surface area (Å²) in [6.07, 6.45) is -0.784. The second-order valence-electron chi connectivity index (χ2n) is 1.79. The molecular weight excluding hydrogens is 124 g/mol. The summed E-state index contributed by atoms with van der Waals surface area (Å²) < 4.78 is 23.2. The van der Waals surface area contributed by atoms with E-state index in [0.29, 0.717) is 5.69 Å². The third-order valence-corrected chi connectivity index (χ3v) is 1.04. The molecule has 0 spiro atoms. The molecule has 1 N–H and O–H groups in total. The van der Waals surface area contributed by atoms with Crippen molar-refractivity contribution < 1.29 is 8.78 Å². The highest BCUT2D eigenvalue weighted by Gasteiger charge is 2.02. The van der Waals surface area contributed by atoms with Gasteiger partial charge in [-0.05, 0) is 12.1 Å². The van der Waals surface area contributed by atoms with Gasteiger partial charge >= 0.3 is 0 Å². The molecule has 0 atom stereocenters. The highest BCUT2D eigenvalue weighted by atomic mass is 19.3. The highest BCUT2D eigenvalue weighted by molar-refractivity contribution is 5.03. The molecule has 0 radical (unpaired) electrons. The van der Waals surface area contributed by atoms with Gasteiger partial charge < -0.3 is 4.98 Å². The van der Waals surface area contributed by atoms with E-state index in [2.05, 4.69) is 4.98 Å². The van der Waals surface area contributed by atoms with Crippen molar-refractivity contribution in [2.45, 2.75) is 12.8 Å². The van der Waals surface area contributed by atoms with Crippen LogP contribution in [0.5, 0.6) is 0 Å². The SMILES string of the molecule is FC(F)Cc1ccc[nH]1. The first-order valence-electron chi connectivity index (χ1n) is 2.69. The van der Waals surface area contributed by atoms with E-state index in [4.69, 9.17) is 0 Å². The Morgan fingerprint density at radius 3 is 2.78 bits per heavy atom. The molecule has 0 aromatic carbocycles. The fourth-order valence-electron chi connectivity index (χ4n) is 0.661. The predicted molar refractivity (Wildman–Crippen MR) is 30.5 cm³/mol. The third-order valence-electron chi connectivity index (χ3n) is 1.04. The molecule has 50 valence electrons. The number of hydrogen-bond acceptors (Lipinski definition) is 0. The zero-order valence-electron chi connectivity index (χ0n) is 4.77. The number of aromatic nitrogens is 1. The van der Waals surface area contributed by atoms with Gasteiger partial charge in [-0.1, -0.05) is 0 Å². The summed E-state index contributed by atoms with van der Waals surface area (Å²) >= 11 is 0. The molecule has 0 saturated carbocycles. The zero-order chi connectivity index (χ0) is 6.69. The Hall–Kier alpha value is -0.860. The second-order valence-corrected chi connectivity index (χ2v) is 1.79. The van der Waals surface area contributed by atoms with Gasteiger partial charge in [-0.25, -0.2) is 8.78 Å². The van der Waals surface area contributed by atoms with Crippen LogP contribution in [0.2, 0.25) is 0 Å². The summed E-state index contributed by atoms with van der Waals surface area (Å²) in [5.74, 6) is 0. The molecule has 1 nitrogen and oxygen atoms in total. The number of aromatic amines is 1. The van der Waals surface area contributed by atoms with E-state index < -0.39 is 6.43 Å². The van der Waals surface area contributed by atoms with Crippen LogP contribution in [0.15, 0.2) is 18.3 Å². The molecule has 0 amide bonds. The number of nitrogens with one attached hydrogen (secondary N) is 1. The molecule has 0 saturated heterocycles. The molecule has 1 rings (SSSR count). The van der Waals surface area contributed by atoms with E-state index in [1.54, 1.807) is 18.3 Å².